The third-order valence-electron chi connectivity index (χ3n) is 3.54. The van der Waals surface area contributed by atoms with E-state index < -0.39 is 0 Å². The van der Waals surface area contributed by atoms with Crippen LogP contribution in [0.1, 0.15) is 16.7 Å². The number of fused-ring (bicyclic) bond motifs is 1. The number of benzene rings is 2. The Labute approximate surface area is 107 Å². The molecule has 1 aliphatic heterocycles. The first-order valence-electron chi connectivity index (χ1n) is 6.33. The van der Waals surface area contributed by atoms with E-state index in [4.69, 9.17) is 10.5 Å². The van der Waals surface area contributed by atoms with E-state index in [1.807, 2.05) is 0 Å². The monoisotopic (exact) mass is 239 g/mol. The molecule has 0 fully saturated rings. The number of hydrogen-bond donors (Lipinski definition) is 1. The Bertz CT molecular complexity index is 590. The van der Waals surface area contributed by atoms with Gasteiger partial charge in [0.15, 0.2) is 0 Å². The van der Waals surface area contributed by atoms with Crippen molar-refractivity contribution in [3.63, 3.8) is 0 Å². The minimum absolute atomic E-state index is 0.585. The van der Waals surface area contributed by atoms with Gasteiger partial charge in [-0.05, 0) is 52.9 Å². The van der Waals surface area contributed by atoms with Gasteiger partial charge in [0.1, 0.15) is 5.75 Å². The lowest BCUT2D eigenvalue weighted by Gasteiger charge is -2.09. The molecule has 2 heteroatoms. The molecule has 3 rings (SSSR count). The van der Waals surface area contributed by atoms with Gasteiger partial charge >= 0.3 is 0 Å². The SMILES string of the molecule is Cc1ccc(CN)cc1-c1ccc2c(c1)CCO2. The Balaban J connectivity index is 2.09. The van der Waals surface area contributed by atoms with Crippen LogP contribution >= 0.6 is 0 Å². The van der Waals surface area contributed by atoms with Crippen molar-refractivity contribution < 1.29 is 4.74 Å². The highest BCUT2D eigenvalue weighted by Crippen LogP contribution is 2.32. The van der Waals surface area contributed by atoms with Crippen LogP contribution in [0.4, 0.5) is 0 Å². The zero-order valence-electron chi connectivity index (χ0n) is 10.6. The summed E-state index contributed by atoms with van der Waals surface area (Å²) in [7, 11) is 0. The molecule has 92 valence electrons. The maximum absolute atomic E-state index is 5.72. The molecule has 0 amide bonds. The fourth-order valence-electron chi connectivity index (χ4n) is 2.46. The molecule has 1 aliphatic rings. The quantitative estimate of drug-likeness (QED) is 0.874. The summed E-state index contributed by atoms with van der Waals surface area (Å²) in [6.07, 6.45) is 1.01. The molecule has 0 saturated heterocycles. The summed E-state index contributed by atoms with van der Waals surface area (Å²) in [6, 6.07) is 12.9. The summed E-state index contributed by atoms with van der Waals surface area (Å²) in [4.78, 5) is 0. The maximum atomic E-state index is 5.72. The topological polar surface area (TPSA) is 35.2 Å². The van der Waals surface area contributed by atoms with Gasteiger partial charge in [0.25, 0.3) is 0 Å². The van der Waals surface area contributed by atoms with Crippen molar-refractivity contribution in [3.8, 4) is 16.9 Å². The van der Waals surface area contributed by atoms with Crippen molar-refractivity contribution in [3.05, 3.63) is 53.1 Å². The molecule has 2 aromatic rings. The van der Waals surface area contributed by atoms with Crippen molar-refractivity contribution in [2.75, 3.05) is 6.61 Å². The minimum atomic E-state index is 0.585. The zero-order chi connectivity index (χ0) is 12.5. The Morgan fingerprint density at radius 3 is 2.89 bits per heavy atom. The Morgan fingerprint density at radius 1 is 1.17 bits per heavy atom. The number of aryl methyl sites for hydroxylation is 1. The van der Waals surface area contributed by atoms with E-state index in [2.05, 4.69) is 43.3 Å². The van der Waals surface area contributed by atoms with Gasteiger partial charge in [-0.15, -0.1) is 0 Å². The van der Waals surface area contributed by atoms with Gasteiger partial charge in [0.2, 0.25) is 0 Å². The van der Waals surface area contributed by atoms with Crippen LogP contribution in [0, 0.1) is 6.92 Å². The Kier molecular flexibility index (Phi) is 2.80. The van der Waals surface area contributed by atoms with E-state index in [1.165, 1.54) is 27.8 Å². The number of hydrogen-bond acceptors (Lipinski definition) is 2. The van der Waals surface area contributed by atoms with Crippen LogP contribution in [0.3, 0.4) is 0 Å². The van der Waals surface area contributed by atoms with E-state index in [1.54, 1.807) is 0 Å². The summed E-state index contributed by atoms with van der Waals surface area (Å²) < 4.78 is 5.54. The predicted octanol–water partition coefficient (Wildman–Crippen LogP) is 3.06. The van der Waals surface area contributed by atoms with Crippen LogP contribution < -0.4 is 10.5 Å². The van der Waals surface area contributed by atoms with E-state index in [9.17, 15) is 0 Å². The van der Waals surface area contributed by atoms with Crippen LogP contribution in [0.2, 0.25) is 0 Å². The third kappa shape index (κ3) is 1.89. The molecule has 0 bridgehead atoms. The van der Waals surface area contributed by atoms with Crippen molar-refractivity contribution in [2.24, 2.45) is 5.73 Å². The number of nitrogens with two attached hydrogens (primary N) is 1. The second-order valence-corrected chi connectivity index (χ2v) is 4.77. The van der Waals surface area contributed by atoms with Crippen molar-refractivity contribution >= 4 is 0 Å². The van der Waals surface area contributed by atoms with Crippen LogP contribution in [0.15, 0.2) is 36.4 Å². The molecule has 2 nitrogen and oxygen atoms in total. The number of ether oxygens (including phenoxy) is 1. The Hall–Kier alpha value is -1.80. The van der Waals surface area contributed by atoms with E-state index in [0.29, 0.717) is 6.54 Å². The molecule has 0 radical (unpaired) electrons. The van der Waals surface area contributed by atoms with Crippen LogP contribution in [0.25, 0.3) is 11.1 Å². The first-order chi connectivity index (χ1) is 8.78. The summed E-state index contributed by atoms with van der Waals surface area (Å²) in [6.45, 7) is 3.53. The van der Waals surface area contributed by atoms with Crippen LogP contribution in [-0.2, 0) is 13.0 Å². The second-order valence-electron chi connectivity index (χ2n) is 4.77. The molecule has 0 spiro atoms. The first kappa shape index (κ1) is 11.3. The minimum Gasteiger partial charge on any atom is -0.493 e. The molecule has 2 N–H and O–H groups in total. The highest BCUT2D eigenvalue weighted by Gasteiger charge is 2.13. The van der Waals surface area contributed by atoms with Gasteiger partial charge in [-0.2, -0.15) is 0 Å². The molecule has 0 atom stereocenters. The fraction of sp³-hybridized carbons (Fsp3) is 0.250. The van der Waals surface area contributed by atoms with E-state index in [0.717, 1.165) is 18.8 Å². The molecule has 1 heterocycles. The molecule has 0 aromatic heterocycles. The van der Waals surface area contributed by atoms with Crippen LogP contribution in [-0.4, -0.2) is 6.61 Å². The Morgan fingerprint density at radius 2 is 2.06 bits per heavy atom. The third-order valence-corrected chi connectivity index (χ3v) is 3.54. The highest BCUT2D eigenvalue weighted by atomic mass is 16.5. The molecule has 18 heavy (non-hydrogen) atoms. The summed E-state index contributed by atoms with van der Waals surface area (Å²) >= 11 is 0. The lowest BCUT2D eigenvalue weighted by Crippen LogP contribution is -1.97. The summed E-state index contributed by atoms with van der Waals surface area (Å²) in [5.74, 6) is 1.03. The molecule has 0 aliphatic carbocycles. The van der Waals surface area contributed by atoms with Gasteiger partial charge in [0.05, 0.1) is 6.61 Å². The van der Waals surface area contributed by atoms with Gasteiger partial charge in [-0.1, -0.05) is 18.2 Å². The lowest BCUT2D eigenvalue weighted by molar-refractivity contribution is 0.357. The smallest absolute Gasteiger partial charge is 0.122 e. The van der Waals surface area contributed by atoms with Crippen molar-refractivity contribution in [1.29, 1.82) is 0 Å². The second kappa shape index (κ2) is 4.46. The zero-order valence-corrected chi connectivity index (χ0v) is 10.6. The summed E-state index contributed by atoms with van der Waals surface area (Å²) in [5, 5.41) is 0. The van der Waals surface area contributed by atoms with Crippen LogP contribution in [0.5, 0.6) is 5.75 Å². The maximum Gasteiger partial charge on any atom is 0.122 e. The normalized spacial score (nSPS) is 13.2. The molecule has 0 unspecified atom stereocenters. The van der Waals surface area contributed by atoms with E-state index in [-0.39, 0.29) is 0 Å². The van der Waals surface area contributed by atoms with Crippen molar-refractivity contribution in [2.45, 2.75) is 19.9 Å². The van der Waals surface area contributed by atoms with Gasteiger partial charge < -0.3 is 10.5 Å². The molecular weight excluding hydrogens is 222 g/mol. The average molecular weight is 239 g/mol. The van der Waals surface area contributed by atoms with Crippen molar-refractivity contribution in [1.82, 2.24) is 0 Å². The molecule has 2 aromatic carbocycles. The lowest BCUT2D eigenvalue weighted by atomic mass is 9.96. The summed E-state index contributed by atoms with van der Waals surface area (Å²) in [5.41, 5.74) is 12.0. The van der Waals surface area contributed by atoms with Gasteiger partial charge in [0, 0.05) is 13.0 Å². The number of rotatable bonds is 2. The first-order valence-corrected chi connectivity index (χ1v) is 6.33. The molecule has 0 saturated carbocycles. The highest BCUT2D eigenvalue weighted by molar-refractivity contribution is 5.70. The standard InChI is InChI=1S/C16H17NO/c1-11-2-3-12(10-17)8-15(11)13-4-5-16-14(9-13)6-7-18-16/h2-5,8-9H,6-7,10,17H2,1H3. The largest absolute Gasteiger partial charge is 0.493 e. The van der Waals surface area contributed by atoms with Gasteiger partial charge in [-0.3, -0.25) is 0 Å². The van der Waals surface area contributed by atoms with Gasteiger partial charge in [-0.25, -0.2) is 0 Å². The average Bonchev–Trinajstić information content (AvgIpc) is 2.86. The predicted molar refractivity (Wildman–Crippen MR) is 73.7 cm³/mol. The molecular formula is C16H17NO. The van der Waals surface area contributed by atoms with E-state index >= 15 is 0 Å². The fourth-order valence-corrected chi connectivity index (χ4v) is 2.46.